The lowest BCUT2D eigenvalue weighted by Crippen LogP contribution is -2.38. The maximum Gasteiger partial charge on any atom is 0.208 e. The summed E-state index contributed by atoms with van der Waals surface area (Å²) in [6, 6.07) is 0.0921. The maximum atomic E-state index is 11.0. The van der Waals surface area contributed by atoms with E-state index in [2.05, 4.69) is 10.0 Å². The van der Waals surface area contributed by atoms with Crippen LogP contribution in [0, 0.1) is 0 Å². The predicted octanol–water partition coefficient (Wildman–Crippen LogP) is 0.0403. The second kappa shape index (κ2) is 5.79. The number of ether oxygens (including phenoxy) is 1. The highest BCUT2D eigenvalue weighted by molar-refractivity contribution is 7.88. The molecule has 0 atom stereocenters. The molecule has 2 N–H and O–H groups in total. The molecule has 1 aliphatic carbocycles. The van der Waals surface area contributed by atoms with Crippen molar-refractivity contribution in [3.63, 3.8) is 0 Å². The molecule has 0 saturated heterocycles. The second-order valence-corrected chi connectivity index (χ2v) is 5.81. The highest BCUT2D eigenvalue weighted by Crippen LogP contribution is 2.21. The first-order valence-electron chi connectivity index (χ1n) is 5.25. The fraction of sp³-hybridized carbons (Fsp3) is 1.00. The largest absolute Gasteiger partial charge is 0.363 e. The van der Waals surface area contributed by atoms with Gasteiger partial charge in [-0.1, -0.05) is 0 Å². The van der Waals surface area contributed by atoms with Gasteiger partial charge >= 0.3 is 0 Å². The van der Waals surface area contributed by atoms with Crippen molar-refractivity contribution in [2.24, 2.45) is 0 Å². The van der Waals surface area contributed by atoms with E-state index in [0.717, 1.165) is 25.7 Å². The van der Waals surface area contributed by atoms with Gasteiger partial charge in [0, 0.05) is 6.04 Å². The van der Waals surface area contributed by atoms with Crippen molar-refractivity contribution in [3.05, 3.63) is 0 Å². The van der Waals surface area contributed by atoms with Crippen LogP contribution in [0.25, 0.3) is 0 Å². The Labute approximate surface area is 91.6 Å². The van der Waals surface area contributed by atoms with E-state index < -0.39 is 10.0 Å². The van der Waals surface area contributed by atoms with Crippen LogP contribution in [0.3, 0.4) is 0 Å². The zero-order valence-corrected chi connectivity index (χ0v) is 10.1. The van der Waals surface area contributed by atoms with E-state index in [1.165, 1.54) is 6.26 Å². The summed E-state index contributed by atoms with van der Waals surface area (Å²) in [4.78, 5) is 0. The van der Waals surface area contributed by atoms with E-state index in [1.54, 1.807) is 0 Å². The van der Waals surface area contributed by atoms with Gasteiger partial charge in [0.25, 0.3) is 0 Å². The van der Waals surface area contributed by atoms with E-state index in [9.17, 15) is 8.42 Å². The smallest absolute Gasteiger partial charge is 0.208 e. The third kappa shape index (κ3) is 5.46. The summed E-state index contributed by atoms with van der Waals surface area (Å²) in [5, 5.41) is 2.93. The summed E-state index contributed by atoms with van der Waals surface area (Å²) < 4.78 is 30.2. The van der Waals surface area contributed by atoms with Crippen LogP contribution in [0.2, 0.25) is 0 Å². The minimum atomic E-state index is -3.06. The van der Waals surface area contributed by atoms with Gasteiger partial charge in [0.05, 0.1) is 19.1 Å². The topological polar surface area (TPSA) is 67.4 Å². The summed E-state index contributed by atoms with van der Waals surface area (Å²) in [7, 11) is -1.22. The number of rotatable bonds is 5. The number of sulfonamides is 1. The van der Waals surface area contributed by atoms with Crippen molar-refractivity contribution in [2.45, 2.75) is 37.8 Å². The van der Waals surface area contributed by atoms with E-state index in [-0.39, 0.29) is 12.1 Å². The molecular formula is C9H20N2O3S. The molecule has 0 aromatic heterocycles. The summed E-state index contributed by atoms with van der Waals surface area (Å²) in [5.74, 6) is 0. The van der Waals surface area contributed by atoms with Crippen molar-refractivity contribution >= 4 is 10.0 Å². The number of nitrogens with one attached hydrogen (secondary N) is 2. The highest BCUT2D eigenvalue weighted by atomic mass is 32.2. The van der Waals surface area contributed by atoms with Crippen LogP contribution in [0.5, 0.6) is 0 Å². The molecule has 5 nitrogen and oxygen atoms in total. The molecule has 0 aromatic carbocycles. The van der Waals surface area contributed by atoms with Gasteiger partial charge in [0.2, 0.25) is 10.0 Å². The van der Waals surface area contributed by atoms with Crippen LogP contribution in [-0.4, -0.2) is 40.6 Å². The summed E-state index contributed by atoms with van der Waals surface area (Å²) in [5.41, 5.74) is 0. The summed E-state index contributed by atoms with van der Waals surface area (Å²) >= 11 is 0. The van der Waals surface area contributed by atoms with Gasteiger partial charge in [0.1, 0.15) is 0 Å². The Morgan fingerprint density at radius 2 is 1.87 bits per heavy atom. The molecule has 1 fully saturated rings. The standard InChI is InChI=1S/C9H20N2O3S/c1-10-7-14-9-5-3-8(4-6-9)11-15(2,12)13/h8-11H,3-7H2,1-2H3. The van der Waals surface area contributed by atoms with E-state index in [1.807, 2.05) is 7.05 Å². The lowest BCUT2D eigenvalue weighted by atomic mass is 9.94. The molecule has 90 valence electrons. The van der Waals surface area contributed by atoms with Gasteiger partial charge < -0.3 is 4.74 Å². The van der Waals surface area contributed by atoms with Crippen LogP contribution < -0.4 is 10.0 Å². The zero-order chi connectivity index (χ0) is 11.3. The van der Waals surface area contributed by atoms with Crippen molar-refractivity contribution < 1.29 is 13.2 Å². The molecule has 1 rings (SSSR count). The third-order valence-corrected chi connectivity index (χ3v) is 3.28. The van der Waals surface area contributed by atoms with Gasteiger partial charge in [-0.25, -0.2) is 13.1 Å². The first-order valence-corrected chi connectivity index (χ1v) is 7.14. The molecule has 1 saturated carbocycles. The van der Waals surface area contributed by atoms with Crippen molar-refractivity contribution in [1.29, 1.82) is 0 Å². The van der Waals surface area contributed by atoms with Crippen molar-refractivity contribution in [2.75, 3.05) is 20.0 Å². The Kier molecular flexibility index (Phi) is 4.98. The Balaban J connectivity index is 2.24. The molecule has 0 radical (unpaired) electrons. The second-order valence-electron chi connectivity index (χ2n) is 4.03. The Morgan fingerprint density at radius 3 is 2.33 bits per heavy atom. The molecule has 0 unspecified atom stereocenters. The molecule has 0 spiro atoms. The van der Waals surface area contributed by atoms with Gasteiger partial charge in [-0.05, 0) is 32.7 Å². The molecule has 0 aromatic rings. The molecule has 0 bridgehead atoms. The van der Waals surface area contributed by atoms with Crippen molar-refractivity contribution in [1.82, 2.24) is 10.0 Å². The van der Waals surface area contributed by atoms with Gasteiger partial charge in [-0.15, -0.1) is 0 Å². The van der Waals surface area contributed by atoms with E-state index in [0.29, 0.717) is 6.73 Å². The molecular weight excluding hydrogens is 216 g/mol. The minimum absolute atomic E-state index is 0.0921. The first kappa shape index (κ1) is 12.9. The monoisotopic (exact) mass is 236 g/mol. The molecule has 0 heterocycles. The average Bonchev–Trinajstić information content (AvgIpc) is 2.14. The SMILES string of the molecule is CNCOC1CCC(NS(C)(=O)=O)CC1. The Hall–Kier alpha value is -0.170. The molecule has 0 aliphatic heterocycles. The van der Waals surface area contributed by atoms with Gasteiger partial charge in [-0.3, -0.25) is 5.32 Å². The van der Waals surface area contributed by atoms with E-state index >= 15 is 0 Å². The van der Waals surface area contributed by atoms with Crippen LogP contribution in [0.15, 0.2) is 0 Å². The molecule has 1 aliphatic rings. The average molecular weight is 236 g/mol. The van der Waals surface area contributed by atoms with Crippen LogP contribution >= 0.6 is 0 Å². The fourth-order valence-electron chi connectivity index (χ4n) is 1.85. The van der Waals surface area contributed by atoms with E-state index in [4.69, 9.17) is 4.74 Å². The minimum Gasteiger partial charge on any atom is -0.363 e. The molecule has 6 heteroatoms. The lowest BCUT2D eigenvalue weighted by Gasteiger charge is -2.28. The molecule has 0 amide bonds. The summed E-state index contributed by atoms with van der Waals surface area (Å²) in [6.07, 6.45) is 5.05. The predicted molar refractivity (Wildman–Crippen MR) is 59.0 cm³/mol. The lowest BCUT2D eigenvalue weighted by molar-refractivity contribution is 0.0165. The fourth-order valence-corrected chi connectivity index (χ4v) is 2.69. The number of hydrogen-bond donors (Lipinski definition) is 2. The van der Waals surface area contributed by atoms with Crippen LogP contribution in [0.4, 0.5) is 0 Å². The first-order chi connectivity index (χ1) is 7.01. The number of hydrogen-bond acceptors (Lipinski definition) is 4. The highest BCUT2D eigenvalue weighted by Gasteiger charge is 2.23. The third-order valence-electron chi connectivity index (χ3n) is 2.52. The Bertz CT molecular complexity index is 271. The van der Waals surface area contributed by atoms with Crippen LogP contribution in [0.1, 0.15) is 25.7 Å². The normalized spacial score (nSPS) is 27.9. The maximum absolute atomic E-state index is 11.0. The zero-order valence-electron chi connectivity index (χ0n) is 9.32. The van der Waals surface area contributed by atoms with Gasteiger partial charge in [0.15, 0.2) is 0 Å². The van der Waals surface area contributed by atoms with Crippen molar-refractivity contribution in [3.8, 4) is 0 Å². The summed E-state index contributed by atoms with van der Waals surface area (Å²) in [6.45, 7) is 0.564. The van der Waals surface area contributed by atoms with Gasteiger partial charge in [-0.2, -0.15) is 0 Å². The molecule has 15 heavy (non-hydrogen) atoms. The van der Waals surface area contributed by atoms with Crippen LogP contribution in [-0.2, 0) is 14.8 Å². The quantitative estimate of drug-likeness (QED) is 0.661. The Morgan fingerprint density at radius 1 is 1.27 bits per heavy atom.